The van der Waals surface area contributed by atoms with E-state index in [1.807, 2.05) is 59.1 Å². The fourth-order valence-electron chi connectivity index (χ4n) is 5.44. The van der Waals surface area contributed by atoms with E-state index in [0.29, 0.717) is 54.7 Å². The number of nitrogens with zero attached hydrogens (tertiary/aromatic N) is 10. The molecule has 0 aliphatic carbocycles. The largest absolute Gasteiger partial charge is 0.436 e. The van der Waals surface area contributed by atoms with Gasteiger partial charge in [-0.25, -0.2) is 9.97 Å². The van der Waals surface area contributed by atoms with Crippen molar-refractivity contribution in [3.8, 4) is 22.7 Å². The van der Waals surface area contributed by atoms with Gasteiger partial charge in [-0.05, 0) is 41.1 Å². The van der Waals surface area contributed by atoms with Crippen LogP contribution in [0, 0.1) is 0 Å². The Bertz CT molecular complexity index is 1870. The molecule has 0 bridgehead atoms. The third kappa shape index (κ3) is 4.81. The van der Waals surface area contributed by atoms with Gasteiger partial charge < -0.3 is 13.9 Å². The first-order valence-electron chi connectivity index (χ1n) is 13.7. The number of imidazole rings is 1. The number of hydrogen-bond donors (Lipinski definition) is 0. The third-order valence-electron chi connectivity index (χ3n) is 7.58. The number of rotatable bonds is 6. The number of amides is 1. The number of oxazole rings is 1. The normalized spacial score (nSPS) is 14.9. The maximum atomic E-state index is 13.5. The number of tetrazole rings is 1. The van der Waals surface area contributed by atoms with E-state index >= 15 is 0 Å². The minimum Gasteiger partial charge on any atom is -0.436 e. The van der Waals surface area contributed by atoms with Crippen molar-refractivity contribution in [1.29, 1.82) is 0 Å². The highest BCUT2D eigenvalue weighted by Gasteiger charge is 2.31. The lowest BCUT2D eigenvalue weighted by Gasteiger charge is -2.38. The molecule has 0 N–H and O–H groups in total. The smallest absolute Gasteiger partial charge is 0.272 e. The van der Waals surface area contributed by atoms with Crippen molar-refractivity contribution in [2.45, 2.75) is 6.04 Å². The third-order valence-corrected chi connectivity index (χ3v) is 7.58. The quantitative estimate of drug-likeness (QED) is 0.302. The standard InChI is InChI=1S/C30H28N10O2/c1-37-19-31-18-25(37)21-8-9-26-23(16-21)33-29(42-26)22-10-11-32-24(17-22)30(41)40-14-12-39(13-15-40)27(20-6-4-3-5-7-20)28-34-36-38(2)35-28/h3-11,16-19,27H,12-15H2,1-2H3/t27-/m0/s1. The van der Waals surface area contributed by atoms with Gasteiger partial charge in [-0.3, -0.25) is 14.7 Å². The summed E-state index contributed by atoms with van der Waals surface area (Å²) in [5.41, 5.74) is 5.53. The molecule has 0 radical (unpaired) electrons. The number of aryl methyl sites for hydroxylation is 2. The predicted octanol–water partition coefficient (Wildman–Crippen LogP) is 3.36. The molecule has 1 saturated heterocycles. The van der Waals surface area contributed by atoms with Crippen molar-refractivity contribution in [2.24, 2.45) is 14.1 Å². The summed E-state index contributed by atoms with van der Waals surface area (Å²) < 4.78 is 8.01. The predicted molar refractivity (Wildman–Crippen MR) is 154 cm³/mol. The van der Waals surface area contributed by atoms with E-state index in [1.165, 1.54) is 4.80 Å². The van der Waals surface area contributed by atoms with E-state index in [-0.39, 0.29) is 11.9 Å². The van der Waals surface area contributed by atoms with Crippen LogP contribution in [0.5, 0.6) is 0 Å². The molecule has 1 fully saturated rings. The minimum absolute atomic E-state index is 0.125. The average Bonchev–Trinajstić information content (AvgIpc) is 3.77. The highest BCUT2D eigenvalue weighted by atomic mass is 16.3. The van der Waals surface area contributed by atoms with Gasteiger partial charge in [0.2, 0.25) is 5.89 Å². The SMILES string of the molecule is Cn1nnc([C@H](c2ccccc2)N2CCN(C(=O)c3cc(-c4nc5cc(-c6cncn6C)ccc5o4)ccn3)CC2)n1. The monoisotopic (exact) mass is 560 g/mol. The summed E-state index contributed by atoms with van der Waals surface area (Å²) in [5, 5.41) is 12.8. The number of carbonyl (C=O) groups is 1. The van der Waals surface area contributed by atoms with Crippen LogP contribution in [0.2, 0.25) is 0 Å². The lowest BCUT2D eigenvalue weighted by atomic mass is 10.0. The van der Waals surface area contributed by atoms with Crippen LogP contribution in [0.4, 0.5) is 0 Å². The molecule has 2 aromatic carbocycles. The van der Waals surface area contributed by atoms with Gasteiger partial charge in [-0.15, -0.1) is 10.2 Å². The minimum atomic E-state index is -0.142. The summed E-state index contributed by atoms with van der Waals surface area (Å²) >= 11 is 0. The molecule has 42 heavy (non-hydrogen) atoms. The second kappa shape index (κ2) is 10.6. The molecule has 210 valence electrons. The molecule has 5 heterocycles. The Morgan fingerprint density at radius 2 is 1.79 bits per heavy atom. The Kier molecular flexibility index (Phi) is 6.51. The fourth-order valence-corrected chi connectivity index (χ4v) is 5.44. The van der Waals surface area contributed by atoms with Crippen LogP contribution in [0.15, 0.2) is 83.8 Å². The first kappa shape index (κ1) is 25.7. The van der Waals surface area contributed by atoms with Crippen molar-refractivity contribution in [3.05, 3.63) is 96.5 Å². The summed E-state index contributed by atoms with van der Waals surface area (Å²) in [4.78, 5) is 32.4. The lowest BCUT2D eigenvalue weighted by molar-refractivity contribution is 0.0586. The molecule has 0 saturated carbocycles. The molecule has 7 rings (SSSR count). The summed E-state index contributed by atoms with van der Waals surface area (Å²) in [6, 6.07) is 19.4. The Labute approximate surface area is 241 Å². The van der Waals surface area contributed by atoms with E-state index in [2.05, 4.69) is 42.4 Å². The van der Waals surface area contributed by atoms with E-state index in [4.69, 9.17) is 9.40 Å². The Morgan fingerprint density at radius 1 is 0.952 bits per heavy atom. The van der Waals surface area contributed by atoms with Crippen LogP contribution >= 0.6 is 0 Å². The zero-order chi connectivity index (χ0) is 28.6. The Hall–Kier alpha value is -5.23. The summed E-state index contributed by atoms with van der Waals surface area (Å²) in [5.74, 6) is 0.958. The second-order valence-electron chi connectivity index (χ2n) is 10.3. The first-order chi connectivity index (χ1) is 20.5. The molecule has 4 aromatic heterocycles. The van der Waals surface area contributed by atoms with Gasteiger partial charge in [0.1, 0.15) is 11.2 Å². The topological polar surface area (TPSA) is 124 Å². The average molecular weight is 561 g/mol. The van der Waals surface area contributed by atoms with Gasteiger partial charge in [-0.2, -0.15) is 4.80 Å². The highest BCUT2D eigenvalue weighted by molar-refractivity contribution is 5.93. The summed E-state index contributed by atoms with van der Waals surface area (Å²) in [7, 11) is 3.71. The van der Waals surface area contributed by atoms with Crippen LogP contribution in [-0.2, 0) is 14.1 Å². The molecule has 1 aliphatic rings. The van der Waals surface area contributed by atoms with E-state index in [1.54, 1.807) is 31.7 Å². The van der Waals surface area contributed by atoms with Crippen LogP contribution in [-0.4, -0.2) is 81.6 Å². The van der Waals surface area contributed by atoms with Crippen molar-refractivity contribution < 1.29 is 9.21 Å². The summed E-state index contributed by atoms with van der Waals surface area (Å²) in [6.45, 7) is 2.42. The van der Waals surface area contributed by atoms with E-state index < -0.39 is 0 Å². The molecule has 0 unspecified atom stereocenters. The van der Waals surface area contributed by atoms with Gasteiger partial charge in [-0.1, -0.05) is 30.3 Å². The molecule has 1 amide bonds. The van der Waals surface area contributed by atoms with Crippen molar-refractivity contribution in [2.75, 3.05) is 26.2 Å². The van der Waals surface area contributed by atoms with Crippen molar-refractivity contribution >= 4 is 17.0 Å². The van der Waals surface area contributed by atoms with Crippen molar-refractivity contribution in [1.82, 2.24) is 49.5 Å². The maximum absolute atomic E-state index is 13.5. The molecule has 0 spiro atoms. The number of benzene rings is 2. The second-order valence-corrected chi connectivity index (χ2v) is 10.3. The zero-order valence-corrected chi connectivity index (χ0v) is 23.2. The fraction of sp³-hybridized carbons (Fsp3) is 0.233. The van der Waals surface area contributed by atoms with Gasteiger partial charge >= 0.3 is 0 Å². The van der Waals surface area contributed by atoms with Gasteiger partial charge in [0.15, 0.2) is 11.4 Å². The Morgan fingerprint density at radius 3 is 2.52 bits per heavy atom. The van der Waals surface area contributed by atoms with Gasteiger partial charge in [0, 0.05) is 50.6 Å². The molecule has 1 aliphatic heterocycles. The first-order valence-corrected chi connectivity index (χ1v) is 13.7. The van der Waals surface area contributed by atoms with Gasteiger partial charge in [0.25, 0.3) is 5.91 Å². The van der Waals surface area contributed by atoms with Gasteiger partial charge in [0.05, 0.1) is 31.3 Å². The zero-order valence-electron chi connectivity index (χ0n) is 23.2. The van der Waals surface area contributed by atoms with E-state index in [0.717, 1.165) is 22.3 Å². The highest BCUT2D eigenvalue weighted by Crippen LogP contribution is 2.30. The van der Waals surface area contributed by atoms with Crippen molar-refractivity contribution in [3.63, 3.8) is 0 Å². The maximum Gasteiger partial charge on any atom is 0.272 e. The lowest BCUT2D eigenvalue weighted by Crippen LogP contribution is -2.50. The molecular formula is C30H28N10O2. The number of aromatic nitrogens is 8. The molecule has 6 aromatic rings. The summed E-state index contributed by atoms with van der Waals surface area (Å²) in [6.07, 6.45) is 5.21. The Balaban J connectivity index is 1.08. The van der Waals surface area contributed by atoms with Crippen LogP contribution in [0.1, 0.15) is 27.9 Å². The number of fused-ring (bicyclic) bond motifs is 1. The van der Waals surface area contributed by atoms with Crippen LogP contribution < -0.4 is 0 Å². The molecule has 12 nitrogen and oxygen atoms in total. The number of pyridine rings is 1. The van der Waals surface area contributed by atoms with Crippen LogP contribution in [0.3, 0.4) is 0 Å². The molecular weight excluding hydrogens is 532 g/mol. The molecule has 1 atom stereocenters. The van der Waals surface area contributed by atoms with E-state index in [9.17, 15) is 4.79 Å². The number of piperazine rings is 1. The number of hydrogen-bond acceptors (Lipinski definition) is 9. The van der Waals surface area contributed by atoms with Crippen LogP contribution in [0.25, 0.3) is 33.8 Å². The molecule has 12 heteroatoms. The number of carbonyl (C=O) groups excluding carboxylic acids is 1.